The molecule has 62 valence electrons. The van der Waals surface area contributed by atoms with E-state index in [1.54, 1.807) is 7.11 Å². The van der Waals surface area contributed by atoms with Crippen LogP contribution >= 0.6 is 7.60 Å². The van der Waals surface area contributed by atoms with E-state index in [9.17, 15) is 4.57 Å². The Morgan fingerprint density at radius 2 is 2.00 bits per heavy atom. The summed E-state index contributed by atoms with van der Waals surface area (Å²) in [6.07, 6.45) is 1.20. The van der Waals surface area contributed by atoms with Crippen molar-refractivity contribution >= 4 is 7.60 Å². The summed E-state index contributed by atoms with van der Waals surface area (Å²) in [7, 11) is -2.19. The summed E-state index contributed by atoms with van der Waals surface area (Å²) in [6, 6.07) is 0. The van der Waals surface area contributed by atoms with Crippen LogP contribution in [0.1, 0.15) is 12.8 Å². The average molecular weight is 168 g/mol. The number of hydrogen-bond acceptors (Lipinski definition) is 2. The lowest BCUT2D eigenvalue weighted by atomic mass is 10.4. The minimum Gasteiger partial charge on any atom is -0.385 e. The molecule has 0 aliphatic heterocycles. The van der Waals surface area contributed by atoms with Gasteiger partial charge in [0.05, 0.1) is 0 Å². The van der Waals surface area contributed by atoms with Crippen molar-refractivity contribution in [3.63, 3.8) is 0 Å². The maximum atomic E-state index is 10.2. The highest BCUT2D eigenvalue weighted by atomic mass is 31.2. The van der Waals surface area contributed by atoms with Crippen LogP contribution in [0.5, 0.6) is 0 Å². The van der Waals surface area contributed by atoms with Crippen molar-refractivity contribution in [2.45, 2.75) is 12.8 Å². The van der Waals surface area contributed by atoms with E-state index in [-0.39, 0.29) is 6.16 Å². The zero-order chi connectivity index (χ0) is 8.04. The number of methoxy groups -OCH3 is 1. The smallest absolute Gasteiger partial charge is 0.325 e. The van der Waals surface area contributed by atoms with Crippen molar-refractivity contribution in [1.82, 2.24) is 0 Å². The molecule has 0 unspecified atom stereocenters. The minimum atomic E-state index is -3.76. The van der Waals surface area contributed by atoms with Crippen LogP contribution in [-0.4, -0.2) is 29.7 Å². The van der Waals surface area contributed by atoms with Crippen molar-refractivity contribution < 1.29 is 19.1 Å². The maximum Gasteiger partial charge on any atom is 0.325 e. The first-order chi connectivity index (χ1) is 4.56. The van der Waals surface area contributed by atoms with Gasteiger partial charge in [-0.15, -0.1) is 0 Å². The van der Waals surface area contributed by atoms with Gasteiger partial charge >= 0.3 is 7.60 Å². The van der Waals surface area contributed by atoms with Crippen molar-refractivity contribution in [3.05, 3.63) is 0 Å². The number of hydrogen-bond donors (Lipinski definition) is 2. The van der Waals surface area contributed by atoms with Crippen LogP contribution < -0.4 is 0 Å². The van der Waals surface area contributed by atoms with Crippen LogP contribution in [0.15, 0.2) is 0 Å². The first-order valence-electron chi connectivity index (χ1n) is 3.10. The van der Waals surface area contributed by atoms with E-state index >= 15 is 0 Å². The summed E-state index contributed by atoms with van der Waals surface area (Å²) in [4.78, 5) is 16.8. The number of ether oxygens (including phenoxy) is 1. The third-order valence-electron chi connectivity index (χ3n) is 1.05. The normalized spacial score (nSPS) is 11.9. The van der Waals surface area contributed by atoms with Crippen molar-refractivity contribution in [2.75, 3.05) is 19.9 Å². The van der Waals surface area contributed by atoms with E-state index in [0.717, 1.165) is 0 Å². The van der Waals surface area contributed by atoms with Gasteiger partial charge in [0.25, 0.3) is 0 Å². The lowest BCUT2D eigenvalue weighted by Gasteiger charge is -2.01. The Morgan fingerprint density at radius 1 is 1.40 bits per heavy atom. The lowest BCUT2D eigenvalue weighted by Crippen LogP contribution is -1.92. The van der Waals surface area contributed by atoms with Crippen LogP contribution in [0.3, 0.4) is 0 Å². The molecule has 10 heavy (non-hydrogen) atoms. The summed E-state index contributed by atoms with van der Waals surface area (Å²) >= 11 is 0. The summed E-state index contributed by atoms with van der Waals surface area (Å²) < 4.78 is 15.0. The summed E-state index contributed by atoms with van der Waals surface area (Å²) in [5, 5.41) is 0. The first kappa shape index (κ1) is 10.1. The Bertz CT molecular complexity index is 119. The topological polar surface area (TPSA) is 66.8 Å². The van der Waals surface area contributed by atoms with E-state index in [0.29, 0.717) is 19.4 Å². The molecule has 0 fully saturated rings. The molecular weight excluding hydrogens is 155 g/mol. The van der Waals surface area contributed by atoms with E-state index in [4.69, 9.17) is 14.5 Å². The molecule has 0 amide bonds. The summed E-state index contributed by atoms with van der Waals surface area (Å²) in [5.41, 5.74) is 0. The SMILES string of the molecule is COCCCCP(=O)(O)O. The van der Waals surface area contributed by atoms with E-state index < -0.39 is 7.60 Å². The summed E-state index contributed by atoms with van der Waals surface area (Å²) in [5.74, 6) is 0. The van der Waals surface area contributed by atoms with E-state index in [2.05, 4.69) is 0 Å². The zero-order valence-corrected chi connectivity index (χ0v) is 6.88. The second-order valence-electron chi connectivity index (χ2n) is 2.09. The second-order valence-corrected chi connectivity index (χ2v) is 3.86. The van der Waals surface area contributed by atoms with Gasteiger partial charge in [0.1, 0.15) is 0 Å². The average Bonchev–Trinajstić information content (AvgIpc) is 1.78. The van der Waals surface area contributed by atoms with Gasteiger partial charge in [-0.3, -0.25) is 4.57 Å². The van der Waals surface area contributed by atoms with Crippen LogP contribution in [0.4, 0.5) is 0 Å². The molecule has 0 atom stereocenters. The maximum absolute atomic E-state index is 10.2. The van der Waals surface area contributed by atoms with Gasteiger partial charge in [-0.25, -0.2) is 0 Å². The second kappa shape index (κ2) is 4.85. The predicted molar refractivity (Wildman–Crippen MR) is 38.0 cm³/mol. The molecule has 2 N–H and O–H groups in total. The van der Waals surface area contributed by atoms with Gasteiger partial charge in [-0.05, 0) is 12.8 Å². The molecule has 0 saturated carbocycles. The van der Waals surface area contributed by atoms with Gasteiger partial charge < -0.3 is 14.5 Å². The fourth-order valence-electron chi connectivity index (χ4n) is 0.564. The first-order valence-corrected chi connectivity index (χ1v) is 4.89. The fourth-order valence-corrected chi connectivity index (χ4v) is 1.20. The molecule has 0 rings (SSSR count). The molecule has 0 radical (unpaired) electrons. The monoisotopic (exact) mass is 168 g/mol. The van der Waals surface area contributed by atoms with E-state index in [1.165, 1.54) is 0 Å². The quantitative estimate of drug-likeness (QED) is 0.465. The van der Waals surface area contributed by atoms with Crippen LogP contribution in [0, 0.1) is 0 Å². The molecule has 4 nitrogen and oxygen atoms in total. The third kappa shape index (κ3) is 8.11. The van der Waals surface area contributed by atoms with Gasteiger partial charge in [-0.2, -0.15) is 0 Å². The van der Waals surface area contributed by atoms with Gasteiger partial charge in [0.15, 0.2) is 0 Å². The molecule has 0 aliphatic rings. The molecule has 0 aromatic carbocycles. The molecule has 5 heteroatoms. The Labute approximate surface area is 60.4 Å². The largest absolute Gasteiger partial charge is 0.385 e. The highest BCUT2D eigenvalue weighted by Crippen LogP contribution is 2.35. The Balaban J connectivity index is 3.13. The van der Waals surface area contributed by atoms with E-state index in [1.807, 2.05) is 0 Å². The summed E-state index contributed by atoms with van der Waals surface area (Å²) in [6.45, 7) is 0.569. The Hall–Kier alpha value is 0.110. The predicted octanol–water partition coefficient (Wildman–Crippen LogP) is 0.591. The fraction of sp³-hybridized carbons (Fsp3) is 1.00. The molecule has 0 bridgehead atoms. The van der Waals surface area contributed by atoms with Crippen molar-refractivity contribution in [2.24, 2.45) is 0 Å². The minimum absolute atomic E-state index is 0.0314. The zero-order valence-electron chi connectivity index (χ0n) is 5.99. The van der Waals surface area contributed by atoms with Crippen LogP contribution in [0.25, 0.3) is 0 Å². The van der Waals surface area contributed by atoms with Gasteiger partial charge in [-0.1, -0.05) is 0 Å². The molecule has 0 spiro atoms. The Morgan fingerprint density at radius 3 is 2.40 bits per heavy atom. The standard InChI is InChI=1S/C5H13O4P/c1-9-4-2-3-5-10(6,7)8/h2-5H2,1H3,(H2,6,7,8). The molecule has 0 aromatic rings. The Kier molecular flexibility index (Phi) is 4.91. The van der Waals surface area contributed by atoms with Crippen LogP contribution in [0.2, 0.25) is 0 Å². The highest BCUT2D eigenvalue weighted by Gasteiger charge is 2.10. The molecule has 0 heterocycles. The number of unbranched alkanes of at least 4 members (excludes halogenated alkanes) is 1. The van der Waals surface area contributed by atoms with Crippen molar-refractivity contribution in [3.8, 4) is 0 Å². The van der Waals surface area contributed by atoms with Gasteiger partial charge in [0.2, 0.25) is 0 Å². The molecular formula is C5H13O4P. The van der Waals surface area contributed by atoms with Crippen LogP contribution in [-0.2, 0) is 9.30 Å². The van der Waals surface area contributed by atoms with Gasteiger partial charge in [0, 0.05) is 19.9 Å². The third-order valence-corrected chi connectivity index (χ3v) is 1.95. The van der Waals surface area contributed by atoms with Crippen molar-refractivity contribution in [1.29, 1.82) is 0 Å². The lowest BCUT2D eigenvalue weighted by molar-refractivity contribution is 0.194. The highest BCUT2D eigenvalue weighted by molar-refractivity contribution is 7.51. The molecule has 0 saturated heterocycles. The number of rotatable bonds is 5. The molecule has 0 aliphatic carbocycles. The molecule has 0 aromatic heterocycles.